The van der Waals surface area contributed by atoms with Gasteiger partial charge in [0.15, 0.2) is 12.4 Å². The first-order chi connectivity index (χ1) is 15.5. The molecule has 0 spiro atoms. The van der Waals surface area contributed by atoms with Crippen molar-refractivity contribution in [1.82, 2.24) is 10.2 Å². The highest BCUT2D eigenvalue weighted by Gasteiger charge is 2.18. The van der Waals surface area contributed by atoms with E-state index in [-0.39, 0.29) is 18.3 Å². The highest BCUT2D eigenvalue weighted by molar-refractivity contribution is 5.94. The maximum Gasteiger partial charge on any atom is 0.258 e. The van der Waals surface area contributed by atoms with E-state index < -0.39 is 0 Å². The van der Waals surface area contributed by atoms with Gasteiger partial charge in [-0.15, -0.1) is 0 Å². The average molecular weight is 441 g/mol. The first-order valence-corrected chi connectivity index (χ1v) is 11.0. The van der Waals surface area contributed by atoms with Gasteiger partial charge in [-0.3, -0.25) is 14.5 Å². The Morgan fingerprint density at radius 3 is 2.53 bits per heavy atom. The lowest BCUT2D eigenvalue weighted by Crippen LogP contribution is -2.38. The van der Waals surface area contributed by atoms with Crippen molar-refractivity contribution >= 4 is 11.7 Å². The van der Waals surface area contributed by atoms with Crippen molar-refractivity contribution in [2.24, 2.45) is 0 Å². The molecule has 172 valence electrons. The number of likely N-dealkylation sites (N-methyl/N-ethyl adjacent to an activating group) is 1. The number of amides is 1. The minimum absolute atomic E-state index is 0.00755. The molecule has 1 fully saturated rings. The topological polar surface area (TPSA) is 77.1 Å². The number of ether oxygens (including phenoxy) is 3. The highest BCUT2D eigenvalue weighted by Crippen LogP contribution is 2.16. The van der Waals surface area contributed by atoms with Gasteiger partial charge in [-0.05, 0) is 68.8 Å². The van der Waals surface area contributed by atoms with Gasteiger partial charge >= 0.3 is 0 Å². The third-order valence-electron chi connectivity index (χ3n) is 5.55. The van der Waals surface area contributed by atoms with E-state index in [0.717, 1.165) is 43.9 Å². The number of rotatable bonds is 11. The third-order valence-corrected chi connectivity index (χ3v) is 5.55. The molecular weight excluding hydrogens is 408 g/mol. The number of nitrogens with zero attached hydrogens (tertiary/aromatic N) is 1. The maximum absolute atomic E-state index is 12.1. The molecule has 7 nitrogen and oxygen atoms in total. The summed E-state index contributed by atoms with van der Waals surface area (Å²) in [6.45, 7) is 4.95. The van der Waals surface area contributed by atoms with E-state index >= 15 is 0 Å². The van der Waals surface area contributed by atoms with E-state index in [4.69, 9.17) is 14.2 Å². The summed E-state index contributed by atoms with van der Waals surface area (Å²) in [5.41, 5.74) is 1.57. The number of hydrogen-bond acceptors (Lipinski definition) is 6. The van der Waals surface area contributed by atoms with Crippen molar-refractivity contribution in [2.75, 3.05) is 40.0 Å². The number of Topliss-reactive ketones (excluding diaryl/α,β-unsaturated/α-hetero) is 1. The summed E-state index contributed by atoms with van der Waals surface area (Å²) in [5.74, 6) is 1.11. The van der Waals surface area contributed by atoms with E-state index in [2.05, 4.69) is 17.3 Å². The second-order valence-corrected chi connectivity index (χ2v) is 7.97. The predicted molar refractivity (Wildman–Crippen MR) is 122 cm³/mol. The van der Waals surface area contributed by atoms with Gasteiger partial charge in [0, 0.05) is 37.9 Å². The lowest BCUT2D eigenvalue weighted by molar-refractivity contribution is -0.123. The summed E-state index contributed by atoms with van der Waals surface area (Å²) in [7, 11) is 2.13. The van der Waals surface area contributed by atoms with Gasteiger partial charge in [0.1, 0.15) is 18.1 Å². The molecule has 0 unspecified atom stereocenters. The third kappa shape index (κ3) is 7.66. The van der Waals surface area contributed by atoms with Crippen molar-refractivity contribution in [1.29, 1.82) is 0 Å². The maximum atomic E-state index is 12.1. The van der Waals surface area contributed by atoms with Crippen molar-refractivity contribution in [3.63, 3.8) is 0 Å². The molecule has 32 heavy (non-hydrogen) atoms. The first kappa shape index (κ1) is 23.8. The van der Waals surface area contributed by atoms with Crippen LogP contribution in [0.25, 0.3) is 0 Å². The van der Waals surface area contributed by atoms with Crippen molar-refractivity contribution in [2.45, 2.75) is 32.4 Å². The molecule has 0 saturated carbocycles. The molecule has 3 rings (SSSR count). The zero-order valence-electron chi connectivity index (χ0n) is 18.8. The van der Waals surface area contributed by atoms with E-state index in [1.165, 1.54) is 6.92 Å². The average Bonchev–Trinajstić information content (AvgIpc) is 2.82. The molecule has 1 amide bonds. The fourth-order valence-electron chi connectivity index (χ4n) is 3.55. The Morgan fingerprint density at radius 1 is 1.06 bits per heavy atom. The minimum Gasteiger partial charge on any atom is -0.492 e. The molecule has 1 N–H and O–H groups in total. The van der Waals surface area contributed by atoms with Crippen LogP contribution in [0, 0.1) is 0 Å². The molecule has 1 aliphatic heterocycles. The molecule has 1 saturated heterocycles. The summed E-state index contributed by atoms with van der Waals surface area (Å²) >= 11 is 0. The van der Waals surface area contributed by atoms with Gasteiger partial charge in [0.2, 0.25) is 0 Å². The highest BCUT2D eigenvalue weighted by atomic mass is 16.5. The molecule has 0 atom stereocenters. The van der Waals surface area contributed by atoms with Gasteiger partial charge in [-0.1, -0.05) is 12.1 Å². The van der Waals surface area contributed by atoms with Crippen LogP contribution >= 0.6 is 0 Å². The van der Waals surface area contributed by atoms with Gasteiger partial charge in [-0.2, -0.15) is 0 Å². The smallest absolute Gasteiger partial charge is 0.258 e. The van der Waals surface area contributed by atoms with Crippen LogP contribution in [0.2, 0.25) is 0 Å². The summed E-state index contributed by atoms with van der Waals surface area (Å²) in [4.78, 5) is 25.7. The fourth-order valence-corrected chi connectivity index (χ4v) is 3.55. The lowest BCUT2D eigenvalue weighted by atomic mass is 10.1. The minimum atomic E-state index is -0.218. The molecule has 0 aliphatic carbocycles. The number of hydrogen-bond donors (Lipinski definition) is 1. The van der Waals surface area contributed by atoms with Crippen molar-refractivity contribution < 1.29 is 23.8 Å². The van der Waals surface area contributed by atoms with Gasteiger partial charge in [0.05, 0.1) is 0 Å². The lowest BCUT2D eigenvalue weighted by Gasteiger charge is -2.31. The predicted octanol–water partition coefficient (Wildman–Crippen LogP) is 3.07. The molecule has 2 aromatic carbocycles. The van der Waals surface area contributed by atoms with E-state index in [0.29, 0.717) is 30.5 Å². The summed E-state index contributed by atoms with van der Waals surface area (Å²) < 4.78 is 16.8. The zero-order valence-corrected chi connectivity index (χ0v) is 18.8. The van der Waals surface area contributed by atoms with Crippen LogP contribution in [0.4, 0.5) is 0 Å². The molecule has 7 heteroatoms. The Hall–Kier alpha value is -2.90. The fraction of sp³-hybridized carbons (Fsp3) is 0.440. The molecule has 1 aliphatic rings. The van der Waals surface area contributed by atoms with E-state index in [1.807, 2.05) is 24.3 Å². The standard InChI is InChI=1S/C25H32N2O5/c1-19(28)21-6-8-23(9-7-21)32-18-25(29)26-17-20-4-3-5-24(16-20)31-15-12-27(2)22-10-13-30-14-11-22/h3-9,16,22H,10-15,17-18H2,1-2H3,(H,26,29). The Balaban J connectivity index is 1.37. The number of nitrogens with one attached hydrogen (secondary N) is 1. The van der Waals surface area contributed by atoms with Crippen LogP contribution < -0.4 is 14.8 Å². The quantitative estimate of drug-likeness (QED) is 0.541. The Bertz CT molecular complexity index is 878. The molecule has 1 heterocycles. The molecular formula is C25H32N2O5. The summed E-state index contributed by atoms with van der Waals surface area (Å²) in [5, 5.41) is 2.85. The molecule has 0 bridgehead atoms. The van der Waals surface area contributed by atoms with Crippen molar-refractivity contribution in [3.05, 3.63) is 59.7 Å². The van der Waals surface area contributed by atoms with Crippen molar-refractivity contribution in [3.8, 4) is 11.5 Å². The van der Waals surface area contributed by atoms with Gasteiger partial charge in [-0.25, -0.2) is 0 Å². The summed E-state index contributed by atoms with van der Waals surface area (Å²) in [6.07, 6.45) is 2.14. The first-order valence-electron chi connectivity index (χ1n) is 11.0. The monoisotopic (exact) mass is 440 g/mol. The second kappa shape index (κ2) is 12.2. The Labute approximate surface area is 189 Å². The molecule has 2 aromatic rings. The summed E-state index contributed by atoms with van der Waals surface area (Å²) in [6, 6.07) is 15.0. The van der Waals surface area contributed by atoms with E-state index in [9.17, 15) is 9.59 Å². The number of benzene rings is 2. The number of carbonyl (C=O) groups is 2. The molecule has 0 radical (unpaired) electrons. The van der Waals surface area contributed by atoms with Crippen LogP contribution in [0.5, 0.6) is 11.5 Å². The van der Waals surface area contributed by atoms with Crippen LogP contribution in [0.1, 0.15) is 35.7 Å². The van der Waals surface area contributed by atoms with Crippen LogP contribution in [0.15, 0.2) is 48.5 Å². The second-order valence-electron chi connectivity index (χ2n) is 7.97. The molecule has 0 aromatic heterocycles. The Morgan fingerprint density at radius 2 is 1.81 bits per heavy atom. The number of carbonyl (C=O) groups excluding carboxylic acids is 2. The SMILES string of the molecule is CC(=O)c1ccc(OCC(=O)NCc2cccc(OCCN(C)C3CCOCC3)c2)cc1. The zero-order chi connectivity index (χ0) is 22.8. The van der Waals surface area contributed by atoms with Gasteiger partial charge < -0.3 is 19.5 Å². The van der Waals surface area contributed by atoms with Crippen LogP contribution in [-0.4, -0.2) is 62.7 Å². The number of ketones is 1. The van der Waals surface area contributed by atoms with E-state index in [1.54, 1.807) is 24.3 Å². The normalized spacial score (nSPS) is 14.2. The van der Waals surface area contributed by atoms with Crippen LogP contribution in [0.3, 0.4) is 0 Å². The van der Waals surface area contributed by atoms with Gasteiger partial charge in [0.25, 0.3) is 5.91 Å². The largest absolute Gasteiger partial charge is 0.492 e. The van der Waals surface area contributed by atoms with Crippen LogP contribution in [-0.2, 0) is 16.1 Å². The Kier molecular flexibility index (Phi) is 9.07.